The zero-order chi connectivity index (χ0) is 16.4. The fourth-order valence-corrected chi connectivity index (χ4v) is 1.88. The zero-order valence-corrected chi connectivity index (χ0v) is 13.5. The van der Waals surface area contributed by atoms with Crippen molar-refractivity contribution in [3.63, 3.8) is 0 Å². The van der Waals surface area contributed by atoms with Crippen molar-refractivity contribution in [3.8, 4) is 0 Å². The van der Waals surface area contributed by atoms with Crippen LogP contribution in [-0.2, 0) is 28.6 Å². The van der Waals surface area contributed by atoms with Gasteiger partial charge >= 0.3 is 11.9 Å². The maximum Gasteiger partial charge on any atom is 0.323 e. The second-order valence-corrected chi connectivity index (χ2v) is 4.92. The van der Waals surface area contributed by atoms with E-state index in [0.717, 1.165) is 0 Å². The first kappa shape index (κ1) is 19.6. The number of carbonyl (C=O) groups is 3. The molecule has 0 spiro atoms. The summed E-state index contributed by atoms with van der Waals surface area (Å²) in [6.07, 6.45) is -0.935. The van der Waals surface area contributed by atoms with Crippen molar-refractivity contribution in [2.24, 2.45) is 11.8 Å². The van der Waals surface area contributed by atoms with E-state index >= 15 is 0 Å². The highest BCUT2D eigenvalue weighted by atomic mass is 16.6. The molecule has 1 atom stereocenters. The quantitative estimate of drug-likeness (QED) is 0.452. The number of rotatable bonds is 10. The van der Waals surface area contributed by atoms with Crippen LogP contribution in [0.15, 0.2) is 0 Å². The number of carbonyl (C=O) groups excluding carboxylic acids is 3. The standard InChI is InChI=1S/C15H26O6/c1-6-19-13(11(16)9-10(4)5)12(14(17)20-7-2)15(18)21-8-3/h10,12-13H,6-9H2,1-5H3. The number of hydrogen-bond donors (Lipinski definition) is 0. The predicted molar refractivity (Wildman–Crippen MR) is 76.6 cm³/mol. The van der Waals surface area contributed by atoms with Crippen molar-refractivity contribution in [3.05, 3.63) is 0 Å². The number of esters is 2. The van der Waals surface area contributed by atoms with E-state index in [1.54, 1.807) is 20.8 Å². The van der Waals surface area contributed by atoms with Gasteiger partial charge in [0.05, 0.1) is 13.2 Å². The van der Waals surface area contributed by atoms with Gasteiger partial charge in [0.2, 0.25) is 0 Å². The molecule has 1 unspecified atom stereocenters. The van der Waals surface area contributed by atoms with Gasteiger partial charge in [-0.25, -0.2) is 0 Å². The molecule has 0 N–H and O–H groups in total. The SMILES string of the molecule is CCOC(=O)C(C(=O)OCC)C(OCC)C(=O)CC(C)C. The lowest BCUT2D eigenvalue weighted by atomic mass is 9.93. The van der Waals surface area contributed by atoms with Crippen molar-refractivity contribution in [2.45, 2.75) is 47.1 Å². The van der Waals surface area contributed by atoms with E-state index in [4.69, 9.17) is 14.2 Å². The lowest BCUT2D eigenvalue weighted by Crippen LogP contribution is -2.44. The second kappa shape index (κ2) is 10.3. The molecule has 0 saturated heterocycles. The molecule has 0 aliphatic heterocycles. The van der Waals surface area contributed by atoms with Gasteiger partial charge in [-0.2, -0.15) is 0 Å². The van der Waals surface area contributed by atoms with E-state index in [0.29, 0.717) is 0 Å². The molecule has 0 aliphatic carbocycles. The summed E-state index contributed by atoms with van der Waals surface area (Å²) in [5.74, 6) is -3.13. The van der Waals surface area contributed by atoms with Crippen molar-refractivity contribution in [1.29, 1.82) is 0 Å². The first-order chi connectivity index (χ1) is 9.88. The van der Waals surface area contributed by atoms with Crippen LogP contribution in [0.2, 0.25) is 0 Å². The molecule has 0 heterocycles. The Morgan fingerprint density at radius 2 is 1.33 bits per heavy atom. The van der Waals surface area contributed by atoms with Crippen LogP contribution in [0.1, 0.15) is 41.0 Å². The lowest BCUT2D eigenvalue weighted by Gasteiger charge is -2.23. The third kappa shape index (κ3) is 6.71. The summed E-state index contributed by atoms with van der Waals surface area (Å²) < 4.78 is 15.1. The molecule has 0 amide bonds. The summed E-state index contributed by atoms with van der Waals surface area (Å²) >= 11 is 0. The molecular formula is C15H26O6. The Labute approximate surface area is 126 Å². The van der Waals surface area contributed by atoms with Crippen molar-refractivity contribution in [1.82, 2.24) is 0 Å². The molecule has 21 heavy (non-hydrogen) atoms. The molecule has 0 aromatic rings. The van der Waals surface area contributed by atoms with Crippen molar-refractivity contribution >= 4 is 17.7 Å². The van der Waals surface area contributed by atoms with Crippen LogP contribution in [0.25, 0.3) is 0 Å². The van der Waals surface area contributed by atoms with Crippen LogP contribution in [-0.4, -0.2) is 43.6 Å². The van der Waals surface area contributed by atoms with E-state index in [1.165, 1.54) is 0 Å². The topological polar surface area (TPSA) is 78.9 Å². The van der Waals surface area contributed by atoms with E-state index in [9.17, 15) is 14.4 Å². The summed E-state index contributed by atoms with van der Waals surface area (Å²) in [5, 5.41) is 0. The molecule has 0 aromatic carbocycles. The highest BCUT2D eigenvalue weighted by Crippen LogP contribution is 2.18. The van der Waals surface area contributed by atoms with Crippen LogP contribution < -0.4 is 0 Å². The van der Waals surface area contributed by atoms with E-state index in [2.05, 4.69) is 0 Å². The maximum atomic E-state index is 12.3. The minimum Gasteiger partial charge on any atom is -0.465 e. The number of Topliss-reactive ketones (excluding diaryl/α,β-unsaturated/α-hetero) is 1. The summed E-state index contributed by atoms with van der Waals surface area (Å²) in [6.45, 7) is 9.16. The first-order valence-electron chi connectivity index (χ1n) is 7.36. The van der Waals surface area contributed by atoms with E-state index in [1.807, 2.05) is 13.8 Å². The highest BCUT2D eigenvalue weighted by molar-refractivity contribution is 6.01. The molecule has 6 nitrogen and oxygen atoms in total. The third-order valence-corrected chi connectivity index (χ3v) is 2.66. The highest BCUT2D eigenvalue weighted by Gasteiger charge is 2.42. The molecule has 0 rings (SSSR count). The summed E-state index contributed by atoms with van der Waals surface area (Å²) in [7, 11) is 0. The monoisotopic (exact) mass is 302 g/mol. The number of ketones is 1. The Balaban J connectivity index is 5.30. The van der Waals surface area contributed by atoms with Gasteiger partial charge in [0.15, 0.2) is 11.7 Å². The van der Waals surface area contributed by atoms with Gasteiger partial charge in [-0.3, -0.25) is 14.4 Å². The largest absolute Gasteiger partial charge is 0.465 e. The average Bonchev–Trinajstić information content (AvgIpc) is 2.38. The van der Waals surface area contributed by atoms with Crippen LogP contribution >= 0.6 is 0 Å². The van der Waals surface area contributed by atoms with Crippen molar-refractivity contribution < 1.29 is 28.6 Å². The Hall–Kier alpha value is -1.43. The molecular weight excluding hydrogens is 276 g/mol. The Morgan fingerprint density at radius 3 is 1.67 bits per heavy atom. The first-order valence-corrected chi connectivity index (χ1v) is 7.36. The minimum atomic E-state index is -1.36. The number of ether oxygens (including phenoxy) is 3. The van der Waals surface area contributed by atoms with Crippen LogP contribution in [0.5, 0.6) is 0 Å². The lowest BCUT2D eigenvalue weighted by molar-refractivity contribution is -0.172. The molecule has 0 fully saturated rings. The Bertz CT molecular complexity index is 332. The van der Waals surface area contributed by atoms with Gasteiger partial charge in [-0.05, 0) is 26.7 Å². The Kier molecular flexibility index (Phi) is 9.62. The molecule has 0 bridgehead atoms. The maximum absolute atomic E-state index is 12.3. The molecule has 122 valence electrons. The predicted octanol–water partition coefficient (Wildman–Crippen LogP) is 1.75. The van der Waals surface area contributed by atoms with Gasteiger partial charge in [0, 0.05) is 13.0 Å². The fourth-order valence-electron chi connectivity index (χ4n) is 1.88. The molecule has 6 heteroatoms. The summed E-state index contributed by atoms with van der Waals surface area (Å²) in [6, 6.07) is 0. The Morgan fingerprint density at radius 1 is 0.857 bits per heavy atom. The summed E-state index contributed by atoms with van der Waals surface area (Å²) in [5.41, 5.74) is 0. The van der Waals surface area contributed by atoms with Gasteiger partial charge in [0.1, 0.15) is 6.10 Å². The van der Waals surface area contributed by atoms with E-state index < -0.39 is 24.0 Å². The second-order valence-electron chi connectivity index (χ2n) is 4.92. The zero-order valence-electron chi connectivity index (χ0n) is 13.5. The third-order valence-electron chi connectivity index (χ3n) is 2.66. The van der Waals surface area contributed by atoms with Gasteiger partial charge in [-0.1, -0.05) is 13.8 Å². The molecule has 0 saturated carbocycles. The number of hydrogen-bond acceptors (Lipinski definition) is 6. The van der Waals surface area contributed by atoms with Crippen LogP contribution in [0.4, 0.5) is 0 Å². The van der Waals surface area contributed by atoms with Crippen LogP contribution in [0, 0.1) is 11.8 Å². The normalized spacial score (nSPS) is 12.3. The van der Waals surface area contributed by atoms with Gasteiger partial charge in [-0.15, -0.1) is 0 Å². The minimum absolute atomic E-state index is 0.102. The fraction of sp³-hybridized carbons (Fsp3) is 0.800. The van der Waals surface area contributed by atoms with Gasteiger partial charge < -0.3 is 14.2 Å². The molecule has 0 aromatic heterocycles. The summed E-state index contributed by atoms with van der Waals surface area (Å²) in [4.78, 5) is 36.3. The average molecular weight is 302 g/mol. The molecule has 0 radical (unpaired) electrons. The van der Waals surface area contributed by atoms with Gasteiger partial charge in [0.25, 0.3) is 0 Å². The van der Waals surface area contributed by atoms with E-state index in [-0.39, 0.29) is 37.9 Å². The molecule has 0 aliphatic rings. The smallest absolute Gasteiger partial charge is 0.323 e. The van der Waals surface area contributed by atoms with Crippen LogP contribution in [0.3, 0.4) is 0 Å². The van der Waals surface area contributed by atoms with Crippen molar-refractivity contribution in [2.75, 3.05) is 19.8 Å².